The summed E-state index contributed by atoms with van der Waals surface area (Å²) in [5.41, 5.74) is 3.14. The minimum atomic E-state index is -4.72. The van der Waals surface area contributed by atoms with E-state index in [1.165, 1.54) is 18.2 Å². The Morgan fingerprint density at radius 1 is 0.788 bits per heavy atom. The van der Waals surface area contributed by atoms with Crippen molar-refractivity contribution in [2.75, 3.05) is 29.5 Å². The number of carboxylic acid groups (broad SMARTS) is 1. The van der Waals surface area contributed by atoms with E-state index in [-0.39, 0.29) is 126 Å². The van der Waals surface area contributed by atoms with Gasteiger partial charge in [0.15, 0.2) is 5.71 Å². The van der Waals surface area contributed by atoms with E-state index in [4.69, 9.17) is 0 Å². The molecular weight excluding hydrogens is 787 g/mol. The van der Waals surface area contributed by atoms with Crippen molar-refractivity contribution in [3.63, 3.8) is 0 Å². The van der Waals surface area contributed by atoms with Gasteiger partial charge in [0.1, 0.15) is 16.7 Å². The Morgan fingerprint density at radius 2 is 1.40 bits per heavy atom. The Morgan fingerprint density at radius 3 is 1.98 bits per heavy atom. The second-order valence-corrected chi connectivity index (χ2v) is 17.8. The van der Waals surface area contributed by atoms with E-state index in [0.717, 1.165) is 22.7 Å². The third-order valence-electron chi connectivity index (χ3n) is 9.07. The number of aromatic carboxylic acids is 1. The van der Waals surface area contributed by atoms with Crippen molar-refractivity contribution >= 4 is 53.4 Å². The summed E-state index contributed by atoms with van der Waals surface area (Å²) in [6.07, 6.45) is 10.1. The first-order chi connectivity index (χ1) is 23.0. The maximum Gasteiger partial charge on any atom is 1.00 e. The van der Waals surface area contributed by atoms with Gasteiger partial charge in [0.2, 0.25) is 5.69 Å². The molecule has 4 rings (SSSR count). The summed E-state index contributed by atoms with van der Waals surface area (Å²) >= 11 is 0. The Balaban J connectivity index is 0.00000468. The first kappa shape index (κ1) is 47.8. The van der Waals surface area contributed by atoms with Crippen LogP contribution in [-0.4, -0.2) is 84.9 Å². The fourth-order valence-corrected chi connectivity index (χ4v) is 8.17. The average molecular weight is 827 g/mol. The largest absolute Gasteiger partial charge is 1.00 e. The van der Waals surface area contributed by atoms with Crippen LogP contribution in [0.4, 0.5) is 11.4 Å². The van der Waals surface area contributed by atoms with Crippen LogP contribution in [-0.2, 0) is 41.2 Å². The maximum absolute atomic E-state index is 11.8. The zero-order valence-electron chi connectivity index (χ0n) is 30.2. The van der Waals surface area contributed by atoms with Gasteiger partial charge in [0.25, 0.3) is 0 Å². The van der Waals surface area contributed by atoms with Gasteiger partial charge in [-0.2, -0.15) is 4.58 Å². The molecule has 1 N–H and O–H groups in total. The van der Waals surface area contributed by atoms with Crippen molar-refractivity contribution < 1.29 is 156 Å². The molecule has 0 radical (unpaired) electrons. The number of fused-ring (bicyclic) bond motifs is 2. The van der Waals surface area contributed by atoms with Gasteiger partial charge in [-0.15, -0.1) is 0 Å². The molecule has 0 unspecified atom stereocenters. The predicted octanol–water partition coefficient (Wildman–Crippen LogP) is -1.88. The van der Waals surface area contributed by atoms with Gasteiger partial charge in [-0.25, -0.2) is 30.0 Å². The monoisotopic (exact) mass is 826 g/mol. The smallest absolute Gasteiger partial charge is 0.748 e. The van der Waals surface area contributed by atoms with Crippen LogP contribution in [0.5, 0.6) is 0 Å². The summed E-state index contributed by atoms with van der Waals surface area (Å²) < 4.78 is 104. The second-order valence-electron chi connectivity index (χ2n) is 13.3. The average Bonchev–Trinajstić information content (AvgIpc) is 3.33. The molecule has 2 aliphatic heterocycles. The fraction of sp³-hybridized carbons (Fsp3) is 0.412. The third kappa shape index (κ3) is 11.8. The molecule has 272 valence electrons. The molecule has 0 atom stereocenters. The van der Waals surface area contributed by atoms with Crippen LogP contribution in [0.2, 0.25) is 0 Å². The first-order valence-corrected chi connectivity index (χ1v) is 20.4. The standard InChI is InChI=1S/C34H42N2O11S3.2K/c1-33(2)26-22-24(32(37)38)14-16-28(26)35(18-8-10-20-48(39,40)41)30(33)12-6-5-7-13-31-34(3,4)27-23-25(50(45,46)47)15-17-29(27)36(31)19-9-11-21-49(42,43)44;;/h5-7,12-17,22-23H,8-11,18-21H2,1-4H3,(H3-,37,38,39,40,41,42,43,44,45,46,47);;/q;2*+1/p-2. The quantitative estimate of drug-likeness (QED) is 0.0687. The van der Waals surface area contributed by atoms with Gasteiger partial charge >= 0.3 is 109 Å². The zero-order valence-corrected chi connectivity index (χ0v) is 38.9. The number of hydrogen-bond acceptors (Lipinski definition) is 11. The van der Waals surface area contributed by atoms with Gasteiger partial charge in [-0.3, -0.25) is 0 Å². The van der Waals surface area contributed by atoms with E-state index < -0.39 is 58.7 Å². The van der Waals surface area contributed by atoms with E-state index in [1.807, 2.05) is 49.3 Å². The predicted molar refractivity (Wildman–Crippen MR) is 185 cm³/mol. The number of carboxylic acids is 1. The second kappa shape index (κ2) is 18.7. The van der Waals surface area contributed by atoms with Crippen LogP contribution in [0, 0.1) is 0 Å². The van der Waals surface area contributed by atoms with Gasteiger partial charge in [0, 0.05) is 59.0 Å². The molecular formula is C34H40K2N2O11S3. The van der Waals surface area contributed by atoms with Crippen molar-refractivity contribution in [1.29, 1.82) is 0 Å². The van der Waals surface area contributed by atoms with Crippen molar-refractivity contribution in [3.8, 4) is 0 Å². The van der Waals surface area contributed by atoms with Crippen LogP contribution in [0.1, 0.15) is 74.9 Å². The van der Waals surface area contributed by atoms with Gasteiger partial charge in [-0.1, -0.05) is 32.1 Å². The van der Waals surface area contributed by atoms with Crippen LogP contribution in [0.3, 0.4) is 0 Å². The molecule has 52 heavy (non-hydrogen) atoms. The van der Waals surface area contributed by atoms with Crippen LogP contribution >= 0.6 is 0 Å². The molecule has 0 fully saturated rings. The Bertz CT molecular complexity index is 2140. The van der Waals surface area contributed by atoms with Crippen LogP contribution in [0.15, 0.2) is 77.4 Å². The van der Waals surface area contributed by atoms with Gasteiger partial charge in [0.05, 0.1) is 36.1 Å². The zero-order chi connectivity index (χ0) is 37.3. The molecule has 0 saturated heterocycles. The molecule has 0 bridgehead atoms. The Hall–Kier alpha value is -0.397. The summed E-state index contributed by atoms with van der Waals surface area (Å²) in [6.45, 7) is 8.38. The number of carbonyl (C=O) groups is 1. The van der Waals surface area contributed by atoms with Crippen molar-refractivity contribution in [3.05, 3.63) is 89.2 Å². The molecule has 0 aliphatic carbocycles. The number of benzene rings is 2. The normalized spacial score (nSPS) is 17.4. The molecule has 2 aromatic carbocycles. The topological polar surface area (TPSA) is 215 Å². The van der Waals surface area contributed by atoms with E-state index in [2.05, 4.69) is 0 Å². The summed E-state index contributed by atoms with van der Waals surface area (Å²) in [6, 6.07) is 8.98. The molecule has 0 amide bonds. The van der Waals surface area contributed by atoms with E-state index in [1.54, 1.807) is 36.4 Å². The number of unbranched alkanes of at least 4 members (excludes halogenated alkanes) is 2. The first-order valence-electron chi connectivity index (χ1n) is 15.9. The van der Waals surface area contributed by atoms with Crippen molar-refractivity contribution in [2.24, 2.45) is 0 Å². The number of rotatable bonds is 15. The molecule has 2 aliphatic rings. The number of hydrogen-bond donors (Lipinski definition) is 1. The number of anilines is 1. The van der Waals surface area contributed by atoms with E-state index >= 15 is 0 Å². The molecule has 0 aromatic heterocycles. The Kier molecular flexibility index (Phi) is 17.2. The van der Waals surface area contributed by atoms with Gasteiger partial charge < -0.3 is 23.7 Å². The molecule has 2 heterocycles. The molecule has 18 heteroatoms. The third-order valence-corrected chi connectivity index (χ3v) is 11.5. The maximum atomic E-state index is 11.8. The van der Waals surface area contributed by atoms with Crippen LogP contribution < -0.4 is 108 Å². The van der Waals surface area contributed by atoms with Crippen LogP contribution in [0.25, 0.3) is 0 Å². The summed E-state index contributed by atoms with van der Waals surface area (Å²) in [4.78, 5) is 13.3. The summed E-state index contributed by atoms with van der Waals surface area (Å²) in [5.74, 6) is -2.07. The molecule has 2 aromatic rings. The van der Waals surface area contributed by atoms with E-state index in [0.29, 0.717) is 37.2 Å². The molecule has 13 nitrogen and oxygen atoms in total. The number of allylic oxidation sites excluding steroid dienone is 6. The minimum absolute atomic E-state index is 0. The summed E-state index contributed by atoms with van der Waals surface area (Å²) in [5, 5.41) is 9.60. The SMILES string of the molecule is CC1(C)C(=CC=CC=CC2=[N+](CCCCS(=O)(=O)[O-])c3ccc(C(=O)O)cc3C2(C)C)N(CCCCS(=O)(=O)[O-])c2ccc(S(=O)(=O)[O-])cc21.[K+].[K+]. The minimum Gasteiger partial charge on any atom is -0.748 e. The molecule has 0 spiro atoms. The van der Waals surface area contributed by atoms with Crippen molar-refractivity contribution in [2.45, 2.75) is 69.1 Å². The van der Waals surface area contributed by atoms with Crippen molar-refractivity contribution in [1.82, 2.24) is 0 Å². The van der Waals surface area contributed by atoms with E-state index in [9.17, 15) is 48.8 Å². The van der Waals surface area contributed by atoms with Gasteiger partial charge in [-0.05, 0) is 75.1 Å². The summed E-state index contributed by atoms with van der Waals surface area (Å²) in [7, 11) is -13.5. The number of nitrogens with zero attached hydrogens (tertiary/aromatic N) is 2. The molecule has 0 saturated carbocycles. The fourth-order valence-electron chi connectivity index (χ4n) is 6.56. The Labute approximate surface area is 391 Å².